The summed E-state index contributed by atoms with van der Waals surface area (Å²) in [7, 11) is 0. The third-order valence-corrected chi connectivity index (χ3v) is 4.02. The maximum atomic E-state index is 13.2. The molecule has 22 heavy (non-hydrogen) atoms. The minimum absolute atomic E-state index is 0.0180. The molecular formula is C15H18ClF3N2O. The van der Waals surface area contributed by atoms with Gasteiger partial charge in [-0.2, -0.15) is 13.2 Å². The Hall–Kier alpha value is -1.27. The standard InChI is InChI=1S/C15H18ClF3N2O/c16-12-3-1-11(2-4-12)14(15(17,18)19)21-13(22)9-10-5-7-20-8-6-10/h1-4,10,14,20H,5-9H2,(H,21,22)/t14-/m1/s1. The Morgan fingerprint density at radius 3 is 2.41 bits per heavy atom. The predicted molar refractivity (Wildman–Crippen MR) is 78.6 cm³/mol. The van der Waals surface area contributed by atoms with Crippen LogP contribution in [-0.2, 0) is 4.79 Å². The summed E-state index contributed by atoms with van der Waals surface area (Å²) in [6.07, 6.45) is -2.80. The number of halogens is 4. The second-order valence-corrected chi connectivity index (χ2v) is 5.93. The van der Waals surface area contributed by atoms with Crippen LogP contribution >= 0.6 is 11.6 Å². The summed E-state index contributed by atoms with van der Waals surface area (Å²) in [6, 6.07) is 3.33. The summed E-state index contributed by atoms with van der Waals surface area (Å²) in [5, 5.41) is 5.63. The zero-order chi connectivity index (χ0) is 16.2. The molecule has 7 heteroatoms. The molecule has 1 aromatic rings. The molecule has 0 saturated carbocycles. The number of hydrogen-bond donors (Lipinski definition) is 2. The third-order valence-electron chi connectivity index (χ3n) is 3.77. The van der Waals surface area contributed by atoms with Crippen LogP contribution < -0.4 is 10.6 Å². The first-order chi connectivity index (χ1) is 10.4. The zero-order valence-corrected chi connectivity index (χ0v) is 12.7. The summed E-state index contributed by atoms with van der Waals surface area (Å²) in [6.45, 7) is 1.61. The van der Waals surface area contributed by atoms with Crippen molar-refractivity contribution in [3.63, 3.8) is 0 Å². The van der Waals surface area contributed by atoms with E-state index in [1.54, 1.807) is 0 Å². The minimum atomic E-state index is -4.54. The second-order valence-electron chi connectivity index (χ2n) is 5.49. The van der Waals surface area contributed by atoms with E-state index in [0.717, 1.165) is 25.9 Å². The Morgan fingerprint density at radius 2 is 1.86 bits per heavy atom. The molecular weight excluding hydrogens is 317 g/mol. The molecule has 1 saturated heterocycles. The van der Waals surface area contributed by atoms with Crippen LogP contribution in [0.15, 0.2) is 24.3 Å². The number of piperidine rings is 1. The normalized spacial score (nSPS) is 18.0. The van der Waals surface area contributed by atoms with Gasteiger partial charge in [0.05, 0.1) is 0 Å². The zero-order valence-electron chi connectivity index (χ0n) is 11.9. The molecule has 2 rings (SSSR count). The lowest BCUT2D eigenvalue weighted by Gasteiger charge is -2.25. The Balaban J connectivity index is 2.03. The van der Waals surface area contributed by atoms with Crippen molar-refractivity contribution in [3.05, 3.63) is 34.9 Å². The van der Waals surface area contributed by atoms with Gasteiger partial charge in [-0.1, -0.05) is 23.7 Å². The number of alkyl halides is 3. The molecule has 1 fully saturated rings. The van der Waals surface area contributed by atoms with Crippen LogP contribution in [0.1, 0.15) is 30.9 Å². The van der Waals surface area contributed by atoms with Crippen molar-refractivity contribution in [1.29, 1.82) is 0 Å². The van der Waals surface area contributed by atoms with Crippen LogP contribution in [0.2, 0.25) is 5.02 Å². The van der Waals surface area contributed by atoms with E-state index in [2.05, 4.69) is 10.6 Å². The Kier molecular flexibility index (Phi) is 5.69. The van der Waals surface area contributed by atoms with Crippen LogP contribution in [0.5, 0.6) is 0 Å². The summed E-state index contributed by atoms with van der Waals surface area (Å²) in [5.74, 6) is -0.426. The molecule has 0 spiro atoms. The smallest absolute Gasteiger partial charge is 0.341 e. The number of rotatable bonds is 4. The Bertz CT molecular complexity index is 499. The molecule has 1 atom stereocenters. The van der Waals surface area contributed by atoms with Gasteiger partial charge in [0.1, 0.15) is 0 Å². The first-order valence-corrected chi connectivity index (χ1v) is 7.56. The van der Waals surface area contributed by atoms with E-state index in [0.29, 0.717) is 5.02 Å². The van der Waals surface area contributed by atoms with Crippen molar-refractivity contribution < 1.29 is 18.0 Å². The molecule has 1 aliphatic rings. The Morgan fingerprint density at radius 1 is 1.27 bits per heavy atom. The maximum absolute atomic E-state index is 13.2. The first-order valence-electron chi connectivity index (χ1n) is 7.18. The van der Waals surface area contributed by atoms with Gasteiger partial charge >= 0.3 is 6.18 Å². The van der Waals surface area contributed by atoms with Gasteiger partial charge in [-0.05, 0) is 49.5 Å². The highest BCUT2D eigenvalue weighted by atomic mass is 35.5. The predicted octanol–water partition coefficient (Wildman–Crippen LogP) is 3.45. The molecule has 0 radical (unpaired) electrons. The van der Waals surface area contributed by atoms with Gasteiger partial charge in [-0.25, -0.2) is 0 Å². The molecule has 2 N–H and O–H groups in total. The molecule has 1 aromatic carbocycles. The topological polar surface area (TPSA) is 41.1 Å². The largest absolute Gasteiger partial charge is 0.412 e. The third kappa shape index (κ3) is 4.88. The average molecular weight is 335 g/mol. The summed E-state index contributed by atoms with van der Waals surface area (Å²) in [5.41, 5.74) is -0.0180. The summed E-state index contributed by atoms with van der Waals surface area (Å²) in [4.78, 5) is 12.0. The highest BCUT2D eigenvalue weighted by Gasteiger charge is 2.42. The highest BCUT2D eigenvalue weighted by Crippen LogP contribution is 2.33. The lowest BCUT2D eigenvalue weighted by atomic mass is 9.94. The number of benzene rings is 1. The fraction of sp³-hybridized carbons (Fsp3) is 0.533. The average Bonchev–Trinajstić information content (AvgIpc) is 2.46. The van der Waals surface area contributed by atoms with Crippen molar-refractivity contribution >= 4 is 17.5 Å². The lowest BCUT2D eigenvalue weighted by Crippen LogP contribution is -2.39. The van der Waals surface area contributed by atoms with Gasteiger partial charge in [0.2, 0.25) is 5.91 Å². The molecule has 0 aromatic heterocycles. The monoisotopic (exact) mass is 334 g/mol. The van der Waals surface area contributed by atoms with Crippen molar-refractivity contribution in [1.82, 2.24) is 10.6 Å². The fourth-order valence-electron chi connectivity index (χ4n) is 2.58. The van der Waals surface area contributed by atoms with Gasteiger partial charge in [-0.15, -0.1) is 0 Å². The molecule has 0 bridgehead atoms. The van der Waals surface area contributed by atoms with E-state index in [1.165, 1.54) is 24.3 Å². The quantitative estimate of drug-likeness (QED) is 0.885. The Labute approximate surface area is 132 Å². The van der Waals surface area contributed by atoms with Gasteiger partial charge in [-0.3, -0.25) is 4.79 Å². The molecule has 3 nitrogen and oxygen atoms in total. The van der Waals surface area contributed by atoms with Gasteiger partial charge in [0, 0.05) is 11.4 Å². The molecule has 0 unspecified atom stereocenters. The van der Waals surface area contributed by atoms with E-state index < -0.39 is 18.1 Å². The van der Waals surface area contributed by atoms with Crippen molar-refractivity contribution in [2.75, 3.05) is 13.1 Å². The number of hydrogen-bond acceptors (Lipinski definition) is 2. The lowest BCUT2D eigenvalue weighted by molar-refractivity contribution is -0.163. The van der Waals surface area contributed by atoms with Crippen LogP contribution in [0.25, 0.3) is 0 Å². The van der Waals surface area contributed by atoms with Crippen LogP contribution in [-0.4, -0.2) is 25.2 Å². The molecule has 1 amide bonds. The van der Waals surface area contributed by atoms with Gasteiger partial charge in [0.25, 0.3) is 0 Å². The molecule has 1 aliphatic heterocycles. The van der Waals surface area contributed by atoms with Gasteiger partial charge < -0.3 is 10.6 Å². The maximum Gasteiger partial charge on any atom is 0.412 e. The SMILES string of the molecule is O=C(CC1CCNCC1)N[C@H](c1ccc(Cl)cc1)C(F)(F)F. The van der Waals surface area contributed by atoms with E-state index in [1.807, 2.05) is 0 Å². The molecule has 122 valence electrons. The minimum Gasteiger partial charge on any atom is -0.341 e. The number of carbonyl (C=O) groups is 1. The van der Waals surface area contributed by atoms with E-state index in [-0.39, 0.29) is 17.9 Å². The number of nitrogens with one attached hydrogen (secondary N) is 2. The van der Waals surface area contributed by atoms with Crippen molar-refractivity contribution in [2.45, 2.75) is 31.5 Å². The van der Waals surface area contributed by atoms with E-state index in [9.17, 15) is 18.0 Å². The van der Waals surface area contributed by atoms with Crippen molar-refractivity contribution in [3.8, 4) is 0 Å². The van der Waals surface area contributed by atoms with Crippen molar-refractivity contribution in [2.24, 2.45) is 5.92 Å². The van der Waals surface area contributed by atoms with Crippen LogP contribution in [0.4, 0.5) is 13.2 Å². The molecule has 1 heterocycles. The second kappa shape index (κ2) is 7.33. The van der Waals surface area contributed by atoms with Crippen LogP contribution in [0, 0.1) is 5.92 Å². The van der Waals surface area contributed by atoms with E-state index in [4.69, 9.17) is 11.6 Å². The van der Waals surface area contributed by atoms with Crippen LogP contribution in [0.3, 0.4) is 0 Å². The summed E-state index contributed by atoms with van der Waals surface area (Å²) < 4.78 is 39.6. The number of amides is 1. The van der Waals surface area contributed by atoms with E-state index >= 15 is 0 Å². The highest BCUT2D eigenvalue weighted by molar-refractivity contribution is 6.30. The van der Waals surface area contributed by atoms with Gasteiger partial charge in [0.15, 0.2) is 6.04 Å². The first kappa shape index (κ1) is 17.1. The number of carbonyl (C=O) groups excluding carboxylic acids is 1. The fourth-order valence-corrected chi connectivity index (χ4v) is 2.70. The summed E-state index contributed by atoms with van der Waals surface area (Å²) >= 11 is 5.69. The molecule has 0 aliphatic carbocycles.